The number of ether oxygens (including phenoxy) is 1. The van der Waals surface area contributed by atoms with E-state index in [4.69, 9.17) is 4.74 Å². The summed E-state index contributed by atoms with van der Waals surface area (Å²) < 4.78 is 5.13. The predicted molar refractivity (Wildman–Crippen MR) is 73.5 cm³/mol. The fourth-order valence-electron chi connectivity index (χ4n) is 1.93. The van der Waals surface area contributed by atoms with Crippen LogP contribution in [0.4, 0.5) is 0 Å². The number of likely N-dealkylation sites (N-methyl/N-ethyl adjacent to an activating group) is 1. The SMILES string of the molecule is CCCc1ccc(C(C)(NC)C(=O)OCC)cc1. The summed E-state index contributed by atoms with van der Waals surface area (Å²) in [5, 5.41) is 3.06. The van der Waals surface area contributed by atoms with E-state index in [2.05, 4.69) is 24.4 Å². The minimum atomic E-state index is -0.777. The van der Waals surface area contributed by atoms with Crippen molar-refractivity contribution in [2.45, 2.75) is 39.2 Å². The minimum Gasteiger partial charge on any atom is -0.464 e. The van der Waals surface area contributed by atoms with Crippen LogP contribution in [-0.2, 0) is 21.5 Å². The van der Waals surface area contributed by atoms with Crippen LogP contribution in [0.2, 0.25) is 0 Å². The summed E-state index contributed by atoms with van der Waals surface area (Å²) in [6, 6.07) is 8.15. The van der Waals surface area contributed by atoms with Crippen LogP contribution in [-0.4, -0.2) is 19.6 Å². The third-order valence-electron chi connectivity index (χ3n) is 3.25. The molecule has 0 fully saturated rings. The first-order valence-electron chi connectivity index (χ1n) is 6.54. The lowest BCUT2D eigenvalue weighted by Crippen LogP contribution is -2.45. The first kappa shape index (κ1) is 14.7. The van der Waals surface area contributed by atoms with Gasteiger partial charge in [0.1, 0.15) is 5.54 Å². The second kappa shape index (κ2) is 6.55. The lowest BCUT2D eigenvalue weighted by molar-refractivity contribution is -0.150. The first-order valence-corrected chi connectivity index (χ1v) is 6.54. The van der Waals surface area contributed by atoms with E-state index in [1.165, 1.54) is 5.56 Å². The number of hydrogen-bond donors (Lipinski definition) is 1. The fraction of sp³-hybridized carbons (Fsp3) is 0.533. The van der Waals surface area contributed by atoms with E-state index in [0.29, 0.717) is 6.61 Å². The molecule has 0 radical (unpaired) electrons. The van der Waals surface area contributed by atoms with Crippen molar-refractivity contribution in [1.29, 1.82) is 0 Å². The van der Waals surface area contributed by atoms with E-state index < -0.39 is 5.54 Å². The molecule has 18 heavy (non-hydrogen) atoms. The highest BCUT2D eigenvalue weighted by molar-refractivity contribution is 5.82. The normalized spacial score (nSPS) is 14.0. The molecular weight excluding hydrogens is 226 g/mol. The molecule has 1 aromatic rings. The van der Waals surface area contributed by atoms with Gasteiger partial charge in [-0.15, -0.1) is 0 Å². The zero-order valence-corrected chi connectivity index (χ0v) is 11.7. The van der Waals surface area contributed by atoms with Gasteiger partial charge in [-0.3, -0.25) is 0 Å². The molecule has 1 atom stereocenters. The molecule has 1 unspecified atom stereocenters. The monoisotopic (exact) mass is 249 g/mol. The van der Waals surface area contributed by atoms with Crippen molar-refractivity contribution in [1.82, 2.24) is 5.32 Å². The van der Waals surface area contributed by atoms with Crippen molar-refractivity contribution >= 4 is 5.97 Å². The summed E-state index contributed by atoms with van der Waals surface area (Å²) in [5.41, 5.74) is 1.45. The van der Waals surface area contributed by atoms with Gasteiger partial charge in [0.15, 0.2) is 0 Å². The van der Waals surface area contributed by atoms with E-state index in [0.717, 1.165) is 18.4 Å². The van der Waals surface area contributed by atoms with E-state index >= 15 is 0 Å². The van der Waals surface area contributed by atoms with Crippen molar-refractivity contribution in [3.8, 4) is 0 Å². The number of esters is 1. The molecule has 0 aliphatic heterocycles. The van der Waals surface area contributed by atoms with Crippen LogP contribution in [0.15, 0.2) is 24.3 Å². The predicted octanol–water partition coefficient (Wildman–Crippen LogP) is 2.64. The average molecular weight is 249 g/mol. The molecule has 0 heterocycles. The second-order valence-corrected chi connectivity index (χ2v) is 4.54. The number of carbonyl (C=O) groups is 1. The molecular formula is C15H23NO2. The van der Waals surface area contributed by atoms with Gasteiger partial charge in [0.25, 0.3) is 0 Å². The molecule has 0 spiro atoms. The number of rotatable bonds is 6. The second-order valence-electron chi connectivity index (χ2n) is 4.54. The zero-order chi connectivity index (χ0) is 13.6. The molecule has 1 rings (SSSR count). The molecule has 0 saturated carbocycles. The van der Waals surface area contributed by atoms with Crippen molar-refractivity contribution in [2.75, 3.05) is 13.7 Å². The van der Waals surface area contributed by atoms with Gasteiger partial charge in [0.05, 0.1) is 6.61 Å². The maximum absolute atomic E-state index is 12.0. The minimum absolute atomic E-state index is 0.240. The molecule has 0 amide bonds. The Bertz CT molecular complexity index is 386. The van der Waals surface area contributed by atoms with E-state index in [-0.39, 0.29) is 5.97 Å². The standard InChI is InChI=1S/C15H23NO2/c1-5-7-12-8-10-13(11-9-12)15(3,16-4)14(17)18-6-2/h8-11,16H,5-7H2,1-4H3. The molecule has 3 heteroatoms. The van der Waals surface area contributed by atoms with Gasteiger partial charge in [0, 0.05) is 0 Å². The van der Waals surface area contributed by atoms with Gasteiger partial charge in [0.2, 0.25) is 0 Å². The molecule has 0 aromatic heterocycles. The molecule has 0 aliphatic rings. The Hall–Kier alpha value is -1.35. The maximum Gasteiger partial charge on any atom is 0.330 e. The number of carbonyl (C=O) groups excluding carboxylic acids is 1. The van der Waals surface area contributed by atoms with Gasteiger partial charge in [-0.1, -0.05) is 37.6 Å². The summed E-state index contributed by atoms with van der Waals surface area (Å²) in [5.74, 6) is -0.240. The van der Waals surface area contributed by atoms with Gasteiger partial charge in [-0.2, -0.15) is 0 Å². The maximum atomic E-state index is 12.0. The van der Waals surface area contributed by atoms with E-state index in [1.807, 2.05) is 26.0 Å². The zero-order valence-electron chi connectivity index (χ0n) is 11.7. The van der Waals surface area contributed by atoms with Gasteiger partial charge in [-0.05, 0) is 38.4 Å². The summed E-state index contributed by atoms with van der Waals surface area (Å²) in [4.78, 5) is 12.0. The lowest BCUT2D eigenvalue weighted by Gasteiger charge is -2.27. The van der Waals surface area contributed by atoms with Crippen molar-refractivity contribution in [3.05, 3.63) is 35.4 Å². The van der Waals surface area contributed by atoms with Crippen LogP contribution in [0.5, 0.6) is 0 Å². The Morgan fingerprint density at radius 2 is 1.89 bits per heavy atom. The molecule has 1 aromatic carbocycles. The topological polar surface area (TPSA) is 38.3 Å². The highest BCUT2D eigenvalue weighted by Crippen LogP contribution is 2.22. The molecule has 100 valence electrons. The molecule has 0 bridgehead atoms. The quantitative estimate of drug-likeness (QED) is 0.788. The molecule has 0 aliphatic carbocycles. The molecule has 0 saturated heterocycles. The molecule has 1 N–H and O–H groups in total. The first-order chi connectivity index (χ1) is 8.58. The van der Waals surface area contributed by atoms with Gasteiger partial charge >= 0.3 is 5.97 Å². The fourth-order valence-corrected chi connectivity index (χ4v) is 1.93. The number of benzene rings is 1. The Labute approximate surface area is 110 Å². The van der Waals surface area contributed by atoms with Gasteiger partial charge in [-0.25, -0.2) is 4.79 Å². The largest absolute Gasteiger partial charge is 0.464 e. The Morgan fingerprint density at radius 3 is 2.33 bits per heavy atom. The summed E-state index contributed by atoms with van der Waals surface area (Å²) in [7, 11) is 1.77. The lowest BCUT2D eigenvalue weighted by atomic mass is 9.91. The highest BCUT2D eigenvalue weighted by Gasteiger charge is 2.34. The summed E-state index contributed by atoms with van der Waals surface area (Å²) >= 11 is 0. The van der Waals surface area contributed by atoms with Crippen LogP contribution < -0.4 is 5.32 Å². The summed E-state index contributed by atoms with van der Waals surface area (Å²) in [6.07, 6.45) is 2.19. The molecule has 3 nitrogen and oxygen atoms in total. The van der Waals surface area contributed by atoms with Crippen molar-refractivity contribution in [2.24, 2.45) is 0 Å². The third-order valence-corrected chi connectivity index (χ3v) is 3.25. The Balaban J connectivity index is 2.97. The summed E-state index contributed by atoms with van der Waals surface area (Å²) in [6.45, 7) is 6.21. The number of hydrogen-bond acceptors (Lipinski definition) is 3. The van der Waals surface area contributed by atoms with E-state index in [1.54, 1.807) is 7.05 Å². The van der Waals surface area contributed by atoms with Crippen LogP contribution in [0.25, 0.3) is 0 Å². The third kappa shape index (κ3) is 3.10. The Morgan fingerprint density at radius 1 is 1.28 bits per heavy atom. The van der Waals surface area contributed by atoms with Crippen LogP contribution in [0.3, 0.4) is 0 Å². The van der Waals surface area contributed by atoms with Gasteiger partial charge < -0.3 is 10.1 Å². The highest BCUT2D eigenvalue weighted by atomic mass is 16.5. The van der Waals surface area contributed by atoms with E-state index in [9.17, 15) is 4.79 Å². The smallest absolute Gasteiger partial charge is 0.330 e. The average Bonchev–Trinajstić information content (AvgIpc) is 2.39. The Kier molecular flexibility index (Phi) is 5.35. The number of aryl methyl sites for hydroxylation is 1. The number of nitrogens with one attached hydrogen (secondary N) is 1. The van der Waals surface area contributed by atoms with Crippen LogP contribution in [0.1, 0.15) is 38.3 Å². The van der Waals surface area contributed by atoms with Crippen molar-refractivity contribution in [3.63, 3.8) is 0 Å². The van der Waals surface area contributed by atoms with Crippen molar-refractivity contribution < 1.29 is 9.53 Å². The van der Waals surface area contributed by atoms with Crippen LogP contribution >= 0.6 is 0 Å². The van der Waals surface area contributed by atoms with Crippen LogP contribution in [0, 0.1) is 0 Å².